The predicted molar refractivity (Wildman–Crippen MR) is 82.9 cm³/mol. The number of fused-ring (bicyclic) bond motifs is 1. The zero-order valence-electron chi connectivity index (χ0n) is 11.2. The largest absolute Gasteiger partial charge is 0.381 e. The zero-order chi connectivity index (χ0) is 13.9. The van der Waals surface area contributed by atoms with Crippen LogP contribution in [0.5, 0.6) is 0 Å². The Morgan fingerprint density at radius 2 is 2.30 bits per heavy atom. The van der Waals surface area contributed by atoms with Gasteiger partial charge in [0.1, 0.15) is 11.3 Å². The summed E-state index contributed by atoms with van der Waals surface area (Å²) in [4.78, 5) is 8.97. The Balaban J connectivity index is 1.65. The molecule has 0 saturated heterocycles. The SMILES string of the molecule is ClCc1nc2cc(Br)cnc2n1CCCOCC1CC1. The maximum atomic E-state index is 5.98. The molecule has 20 heavy (non-hydrogen) atoms. The van der Waals surface area contributed by atoms with Crippen molar-refractivity contribution >= 4 is 38.7 Å². The standard InChI is InChI=1S/C14H17BrClN3O/c15-11-6-12-14(17-8-11)19(13(7-16)18-12)4-1-5-20-9-10-2-3-10/h6,8,10H,1-5,7,9H2. The normalized spacial score (nSPS) is 15.1. The third kappa shape index (κ3) is 3.32. The molecule has 4 nitrogen and oxygen atoms in total. The second-order valence-electron chi connectivity index (χ2n) is 5.18. The number of aryl methyl sites for hydroxylation is 1. The van der Waals surface area contributed by atoms with E-state index in [1.807, 2.05) is 6.07 Å². The molecular formula is C14H17BrClN3O. The number of pyridine rings is 1. The summed E-state index contributed by atoms with van der Waals surface area (Å²) in [6, 6.07) is 1.97. The molecule has 0 unspecified atom stereocenters. The maximum absolute atomic E-state index is 5.98. The summed E-state index contributed by atoms with van der Waals surface area (Å²) >= 11 is 9.40. The highest BCUT2D eigenvalue weighted by molar-refractivity contribution is 9.10. The number of rotatable bonds is 7. The fourth-order valence-electron chi connectivity index (χ4n) is 2.23. The minimum absolute atomic E-state index is 0.400. The van der Waals surface area contributed by atoms with Gasteiger partial charge in [0, 0.05) is 30.4 Å². The smallest absolute Gasteiger partial charge is 0.160 e. The fourth-order valence-corrected chi connectivity index (χ4v) is 2.75. The average Bonchev–Trinajstić information content (AvgIpc) is 3.20. The van der Waals surface area contributed by atoms with E-state index in [-0.39, 0.29) is 0 Å². The number of aromatic nitrogens is 3. The number of nitrogens with zero attached hydrogens (tertiary/aromatic N) is 3. The van der Waals surface area contributed by atoms with E-state index in [9.17, 15) is 0 Å². The Morgan fingerprint density at radius 1 is 1.45 bits per heavy atom. The molecular weight excluding hydrogens is 342 g/mol. The number of hydrogen-bond donors (Lipinski definition) is 0. The lowest BCUT2D eigenvalue weighted by atomic mass is 10.4. The molecule has 0 bridgehead atoms. The van der Waals surface area contributed by atoms with Crippen LogP contribution >= 0.6 is 27.5 Å². The molecule has 0 spiro atoms. The molecule has 1 aliphatic rings. The first-order valence-corrected chi connectivity index (χ1v) is 8.25. The van der Waals surface area contributed by atoms with Crippen LogP contribution in [0.25, 0.3) is 11.2 Å². The van der Waals surface area contributed by atoms with Crippen molar-refractivity contribution in [2.24, 2.45) is 5.92 Å². The minimum atomic E-state index is 0.400. The van der Waals surface area contributed by atoms with Crippen LogP contribution in [0.1, 0.15) is 25.1 Å². The van der Waals surface area contributed by atoms with Crippen LogP contribution in [-0.4, -0.2) is 27.7 Å². The molecule has 0 N–H and O–H groups in total. The molecule has 1 fully saturated rings. The monoisotopic (exact) mass is 357 g/mol. The molecule has 1 saturated carbocycles. The van der Waals surface area contributed by atoms with E-state index in [2.05, 4.69) is 30.5 Å². The highest BCUT2D eigenvalue weighted by Gasteiger charge is 2.20. The first kappa shape index (κ1) is 14.3. The fraction of sp³-hybridized carbons (Fsp3) is 0.571. The molecule has 0 atom stereocenters. The van der Waals surface area contributed by atoms with Gasteiger partial charge in [-0.25, -0.2) is 9.97 Å². The highest BCUT2D eigenvalue weighted by atomic mass is 79.9. The van der Waals surface area contributed by atoms with Crippen molar-refractivity contribution in [2.45, 2.75) is 31.7 Å². The molecule has 3 rings (SSSR count). The van der Waals surface area contributed by atoms with Crippen LogP contribution < -0.4 is 0 Å². The number of imidazole rings is 1. The van der Waals surface area contributed by atoms with Gasteiger partial charge in [0.05, 0.1) is 5.88 Å². The van der Waals surface area contributed by atoms with Crippen molar-refractivity contribution in [1.82, 2.24) is 14.5 Å². The second kappa shape index (κ2) is 6.41. The Hall–Kier alpha value is -0.650. The van der Waals surface area contributed by atoms with E-state index < -0.39 is 0 Å². The third-order valence-electron chi connectivity index (χ3n) is 3.47. The quantitative estimate of drug-likeness (QED) is 0.559. The Bertz CT molecular complexity index is 597. The molecule has 1 aliphatic carbocycles. The van der Waals surface area contributed by atoms with Crippen molar-refractivity contribution < 1.29 is 4.74 Å². The van der Waals surface area contributed by atoms with E-state index >= 15 is 0 Å². The van der Waals surface area contributed by atoms with Gasteiger partial charge >= 0.3 is 0 Å². The summed E-state index contributed by atoms with van der Waals surface area (Å²) in [7, 11) is 0. The lowest BCUT2D eigenvalue weighted by Gasteiger charge is -2.07. The zero-order valence-corrected chi connectivity index (χ0v) is 13.5. The van der Waals surface area contributed by atoms with Crippen molar-refractivity contribution in [2.75, 3.05) is 13.2 Å². The van der Waals surface area contributed by atoms with Crippen LogP contribution in [0.3, 0.4) is 0 Å². The summed E-state index contributed by atoms with van der Waals surface area (Å²) in [6.07, 6.45) is 5.42. The van der Waals surface area contributed by atoms with Crippen LogP contribution in [0.2, 0.25) is 0 Å². The molecule has 2 heterocycles. The van der Waals surface area contributed by atoms with Crippen LogP contribution in [0.4, 0.5) is 0 Å². The van der Waals surface area contributed by atoms with Crippen LogP contribution in [0, 0.1) is 5.92 Å². The summed E-state index contributed by atoms with van der Waals surface area (Å²) in [5.74, 6) is 2.09. The molecule has 0 aromatic carbocycles. The summed E-state index contributed by atoms with van der Waals surface area (Å²) in [6.45, 7) is 2.55. The van der Waals surface area contributed by atoms with E-state index in [1.54, 1.807) is 6.20 Å². The van der Waals surface area contributed by atoms with Crippen molar-refractivity contribution in [1.29, 1.82) is 0 Å². The number of hydrogen-bond acceptors (Lipinski definition) is 3. The number of alkyl halides is 1. The van der Waals surface area contributed by atoms with E-state index in [0.717, 1.165) is 53.6 Å². The second-order valence-corrected chi connectivity index (χ2v) is 6.36. The lowest BCUT2D eigenvalue weighted by molar-refractivity contribution is 0.119. The van der Waals surface area contributed by atoms with Gasteiger partial charge < -0.3 is 9.30 Å². The molecule has 2 aromatic heterocycles. The Labute approximate surface area is 131 Å². The van der Waals surface area contributed by atoms with Gasteiger partial charge in [-0.2, -0.15) is 0 Å². The highest BCUT2D eigenvalue weighted by Crippen LogP contribution is 2.28. The topological polar surface area (TPSA) is 39.9 Å². The third-order valence-corrected chi connectivity index (χ3v) is 4.14. The van der Waals surface area contributed by atoms with Gasteiger partial charge in [-0.05, 0) is 47.2 Å². The Kier molecular flexibility index (Phi) is 4.58. The summed E-state index contributed by atoms with van der Waals surface area (Å²) < 4.78 is 8.69. The van der Waals surface area contributed by atoms with E-state index in [4.69, 9.17) is 16.3 Å². The van der Waals surface area contributed by atoms with Gasteiger partial charge in [0.25, 0.3) is 0 Å². The molecule has 6 heteroatoms. The molecule has 0 amide bonds. The molecule has 0 radical (unpaired) electrons. The van der Waals surface area contributed by atoms with E-state index in [0.29, 0.717) is 5.88 Å². The number of ether oxygens (including phenoxy) is 1. The Morgan fingerprint density at radius 3 is 3.05 bits per heavy atom. The van der Waals surface area contributed by atoms with Gasteiger partial charge in [0.15, 0.2) is 5.65 Å². The van der Waals surface area contributed by atoms with Gasteiger partial charge in [0.2, 0.25) is 0 Å². The molecule has 108 valence electrons. The van der Waals surface area contributed by atoms with Gasteiger partial charge in [-0.15, -0.1) is 11.6 Å². The predicted octanol–water partition coefficient (Wildman–Crippen LogP) is 3.75. The van der Waals surface area contributed by atoms with Crippen LogP contribution in [0.15, 0.2) is 16.7 Å². The first-order chi connectivity index (χ1) is 9.78. The van der Waals surface area contributed by atoms with Crippen molar-refractivity contribution in [3.8, 4) is 0 Å². The number of halogens is 2. The van der Waals surface area contributed by atoms with Crippen LogP contribution in [-0.2, 0) is 17.2 Å². The van der Waals surface area contributed by atoms with Gasteiger partial charge in [-0.3, -0.25) is 0 Å². The van der Waals surface area contributed by atoms with Gasteiger partial charge in [-0.1, -0.05) is 0 Å². The molecule has 0 aliphatic heterocycles. The lowest BCUT2D eigenvalue weighted by Crippen LogP contribution is -2.07. The maximum Gasteiger partial charge on any atom is 0.160 e. The van der Waals surface area contributed by atoms with Crippen molar-refractivity contribution in [3.63, 3.8) is 0 Å². The average molecular weight is 359 g/mol. The molecule has 2 aromatic rings. The summed E-state index contributed by atoms with van der Waals surface area (Å²) in [5.41, 5.74) is 1.78. The summed E-state index contributed by atoms with van der Waals surface area (Å²) in [5, 5.41) is 0. The first-order valence-electron chi connectivity index (χ1n) is 6.92. The minimum Gasteiger partial charge on any atom is -0.381 e. The van der Waals surface area contributed by atoms with Crippen molar-refractivity contribution in [3.05, 3.63) is 22.6 Å². The van der Waals surface area contributed by atoms with E-state index in [1.165, 1.54) is 12.8 Å².